The summed E-state index contributed by atoms with van der Waals surface area (Å²) in [4.78, 5) is 42.9. The van der Waals surface area contributed by atoms with E-state index in [1.165, 1.54) is 128 Å². The number of hydrogen-bond donors (Lipinski definition) is 0. The fraction of sp³-hybridized carbons (Fsp3) is 0.944. The molecule has 8 nitrogen and oxygen atoms in total. The van der Waals surface area contributed by atoms with E-state index in [1.54, 1.807) is 0 Å². The fourth-order valence-electron chi connectivity index (χ4n) is 9.13. The Morgan fingerprint density at radius 2 is 0.774 bits per heavy atom. The van der Waals surface area contributed by atoms with Crippen LogP contribution in [-0.2, 0) is 28.6 Å². The van der Waals surface area contributed by atoms with Gasteiger partial charge in [0.2, 0.25) is 0 Å². The molecule has 1 aliphatic heterocycles. The minimum absolute atomic E-state index is 0.00825. The molecular weight excluding hydrogens is 773 g/mol. The van der Waals surface area contributed by atoms with Crippen LogP contribution in [0.1, 0.15) is 259 Å². The van der Waals surface area contributed by atoms with Gasteiger partial charge in [-0.2, -0.15) is 0 Å². The molecule has 1 saturated heterocycles. The van der Waals surface area contributed by atoms with Gasteiger partial charge < -0.3 is 24.0 Å². The zero-order valence-electron chi connectivity index (χ0n) is 42.0. The Hall–Kier alpha value is -1.67. The first-order valence-corrected chi connectivity index (χ1v) is 27.2. The molecule has 0 aliphatic carbocycles. The number of ether oxygens (including phenoxy) is 3. The summed E-state index contributed by atoms with van der Waals surface area (Å²) in [6.45, 7) is 15.5. The first-order chi connectivity index (χ1) is 30.3. The van der Waals surface area contributed by atoms with Crippen LogP contribution in [0.2, 0.25) is 0 Å². The minimum atomic E-state index is -0.0162. The second-order valence-corrected chi connectivity index (χ2v) is 19.5. The van der Waals surface area contributed by atoms with Gasteiger partial charge in [-0.3, -0.25) is 14.4 Å². The van der Waals surface area contributed by atoms with Gasteiger partial charge in [0, 0.05) is 45.4 Å². The smallest absolute Gasteiger partial charge is 0.306 e. The van der Waals surface area contributed by atoms with E-state index in [0.29, 0.717) is 44.3 Å². The molecule has 0 aromatic carbocycles. The van der Waals surface area contributed by atoms with Crippen molar-refractivity contribution < 1.29 is 28.6 Å². The summed E-state index contributed by atoms with van der Waals surface area (Å²) in [5.41, 5.74) is 0. The number of rotatable bonds is 45. The lowest BCUT2D eigenvalue weighted by molar-refractivity contribution is -0.150. The number of likely N-dealkylation sites (N-methyl/N-ethyl adjacent to an activating group) is 1. The van der Waals surface area contributed by atoms with Crippen LogP contribution in [0.3, 0.4) is 0 Å². The molecule has 8 heteroatoms. The van der Waals surface area contributed by atoms with Crippen molar-refractivity contribution in [2.75, 3.05) is 53.0 Å². The molecule has 0 saturated carbocycles. The van der Waals surface area contributed by atoms with Gasteiger partial charge in [-0.05, 0) is 96.1 Å². The van der Waals surface area contributed by atoms with Gasteiger partial charge >= 0.3 is 17.9 Å². The first-order valence-electron chi connectivity index (χ1n) is 27.2. The van der Waals surface area contributed by atoms with Crippen LogP contribution in [-0.4, -0.2) is 86.8 Å². The molecule has 1 rings (SSSR count). The van der Waals surface area contributed by atoms with Crippen molar-refractivity contribution in [2.24, 2.45) is 11.8 Å². The van der Waals surface area contributed by atoms with Crippen molar-refractivity contribution in [1.82, 2.24) is 9.80 Å². The molecular formula is C54H104N2O6. The number of piperazine rings is 1. The summed E-state index contributed by atoms with van der Waals surface area (Å²) in [5, 5.41) is 0. The molecule has 0 bridgehead atoms. The number of unbranched alkanes of at least 4 members (excludes halogenated alkanes) is 20. The fourth-order valence-corrected chi connectivity index (χ4v) is 9.13. The van der Waals surface area contributed by atoms with E-state index in [4.69, 9.17) is 14.2 Å². The number of carbonyl (C=O) groups excluding carboxylic acids is 3. The molecule has 0 atom stereocenters. The lowest BCUT2D eigenvalue weighted by Gasteiger charge is -2.32. The van der Waals surface area contributed by atoms with Gasteiger partial charge in [-0.25, -0.2) is 0 Å². The van der Waals surface area contributed by atoms with E-state index < -0.39 is 0 Å². The van der Waals surface area contributed by atoms with Gasteiger partial charge in [0.15, 0.2) is 0 Å². The second-order valence-electron chi connectivity index (χ2n) is 19.5. The van der Waals surface area contributed by atoms with Crippen molar-refractivity contribution in [1.29, 1.82) is 0 Å². The number of carbonyl (C=O) groups is 3. The van der Waals surface area contributed by atoms with Crippen LogP contribution in [0.4, 0.5) is 0 Å². The topological polar surface area (TPSA) is 85.4 Å². The summed E-state index contributed by atoms with van der Waals surface area (Å²) in [6, 6.07) is 0. The lowest BCUT2D eigenvalue weighted by Crippen LogP contribution is -2.44. The SMILES string of the molecule is CCCCCC(CCCCC)CC(=O)OCCCCCCCCCC(CCCCCCCCCOC(=O)CC(CCCCC)CCCCC)OC(=O)CCCN1CCN(C)CC1. The highest BCUT2D eigenvalue weighted by Gasteiger charge is 2.18. The summed E-state index contributed by atoms with van der Waals surface area (Å²) in [7, 11) is 2.18. The molecule has 0 amide bonds. The third kappa shape index (κ3) is 36.6. The zero-order chi connectivity index (χ0) is 45.1. The van der Waals surface area contributed by atoms with E-state index in [9.17, 15) is 14.4 Å². The molecule has 0 N–H and O–H groups in total. The molecule has 1 fully saturated rings. The summed E-state index contributed by atoms with van der Waals surface area (Å²) in [5.74, 6) is 0.983. The Labute approximate surface area is 384 Å². The molecule has 1 aliphatic rings. The molecule has 0 aromatic heterocycles. The van der Waals surface area contributed by atoms with Crippen LogP contribution in [0.25, 0.3) is 0 Å². The summed E-state index contributed by atoms with van der Waals surface area (Å²) >= 11 is 0. The Bertz CT molecular complexity index is 939. The largest absolute Gasteiger partial charge is 0.466 e. The molecule has 0 aromatic rings. The number of nitrogens with zero attached hydrogens (tertiary/aromatic N) is 2. The Morgan fingerprint density at radius 3 is 1.16 bits per heavy atom. The van der Waals surface area contributed by atoms with Gasteiger partial charge in [0.05, 0.1) is 13.2 Å². The molecule has 0 radical (unpaired) electrons. The highest BCUT2D eigenvalue weighted by molar-refractivity contribution is 5.70. The second kappa shape index (κ2) is 43.2. The number of esters is 3. The van der Waals surface area contributed by atoms with E-state index in [1.807, 2.05) is 0 Å². The first kappa shape index (κ1) is 58.3. The quantitative estimate of drug-likeness (QED) is 0.0340. The van der Waals surface area contributed by atoms with Crippen LogP contribution in [0.5, 0.6) is 0 Å². The maximum Gasteiger partial charge on any atom is 0.306 e. The maximum atomic E-state index is 13.0. The van der Waals surface area contributed by atoms with Crippen LogP contribution in [0, 0.1) is 11.8 Å². The monoisotopic (exact) mass is 877 g/mol. The lowest BCUT2D eigenvalue weighted by atomic mass is 9.92. The average Bonchev–Trinajstić information content (AvgIpc) is 3.25. The van der Waals surface area contributed by atoms with Crippen LogP contribution in [0.15, 0.2) is 0 Å². The normalized spacial score (nSPS) is 13.7. The van der Waals surface area contributed by atoms with Gasteiger partial charge in [0.25, 0.3) is 0 Å². The average molecular weight is 877 g/mol. The van der Waals surface area contributed by atoms with E-state index in [-0.39, 0.29) is 24.0 Å². The van der Waals surface area contributed by atoms with E-state index in [0.717, 1.165) is 116 Å². The molecule has 62 heavy (non-hydrogen) atoms. The predicted octanol–water partition coefficient (Wildman–Crippen LogP) is 14.6. The predicted molar refractivity (Wildman–Crippen MR) is 262 cm³/mol. The molecule has 0 unspecified atom stereocenters. The van der Waals surface area contributed by atoms with Gasteiger partial charge in [-0.15, -0.1) is 0 Å². The maximum absolute atomic E-state index is 13.0. The zero-order valence-corrected chi connectivity index (χ0v) is 42.0. The third-order valence-electron chi connectivity index (χ3n) is 13.4. The van der Waals surface area contributed by atoms with Crippen molar-refractivity contribution >= 4 is 17.9 Å². The van der Waals surface area contributed by atoms with Crippen LogP contribution >= 0.6 is 0 Å². The molecule has 366 valence electrons. The third-order valence-corrected chi connectivity index (χ3v) is 13.4. The highest BCUT2D eigenvalue weighted by Crippen LogP contribution is 2.24. The Morgan fingerprint density at radius 1 is 0.419 bits per heavy atom. The van der Waals surface area contributed by atoms with Crippen molar-refractivity contribution in [2.45, 2.75) is 265 Å². The Balaban J connectivity index is 2.30. The Kier molecular flexibility index (Phi) is 40.7. The minimum Gasteiger partial charge on any atom is -0.466 e. The highest BCUT2D eigenvalue weighted by atomic mass is 16.5. The van der Waals surface area contributed by atoms with Gasteiger partial charge in [0.1, 0.15) is 6.10 Å². The number of hydrogen-bond acceptors (Lipinski definition) is 8. The van der Waals surface area contributed by atoms with Crippen molar-refractivity contribution in [3.63, 3.8) is 0 Å². The standard InChI is InChI=1S/C54H104N2O6/c1-6-10-24-33-49(34-25-11-7-2)47-53(58)60-45-30-22-18-14-16-20-28-37-51(62-52(57)39-32-40-56-43-41-55(5)42-44-56)38-29-21-17-15-19-23-31-46-61-54(59)48-50(35-26-12-8-3)36-27-13-9-4/h49-51H,6-48H2,1-5H3. The van der Waals surface area contributed by atoms with Gasteiger partial charge in [-0.1, -0.05) is 169 Å². The molecule has 1 heterocycles. The van der Waals surface area contributed by atoms with E-state index >= 15 is 0 Å². The van der Waals surface area contributed by atoms with Crippen LogP contribution < -0.4 is 0 Å². The van der Waals surface area contributed by atoms with E-state index in [2.05, 4.69) is 44.5 Å². The van der Waals surface area contributed by atoms with Crippen molar-refractivity contribution in [3.8, 4) is 0 Å². The summed E-state index contributed by atoms with van der Waals surface area (Å²) < 4.78 is 17.5. The van der Waals surface area contributed by atoms with Crippen molar-refractivity contribution in [3.05, 3.63) is 0 Å². The molecule has 0 spiro atoms. The summed E-state index contributed by atoms with van der Waals surface area (Å²) in [6.07, 6.45) is 40.0.